The maximum absolute atomic E-state index is 12.9. The van der Waals surface area contributed by atoms with Gasteiger partial charge in [0.25, 0.3) is 0 Å². The SMILES string of the molecule is COc1cc(-c2cnc3c(n2)N(c2ccc(N4CCOCC4)nc2)C(=O)C3)cc(OC)c1OC. The van der Waals surface area contributed by atoms with E-state index in [1.807, 2.05) is 12.1 Å². The molecule has 0 aliphatic carbocycles. The average Bonchev–Trinajstić information content (AvgIpc) is 3.23. The molecule has 0 N–H and O–H groups in total. The maximum Gasteiger partial charge on any atom is 0.238 e. The Hall–Kier alpha value is -3.92. The van der Waals surface area contributed by atoms with Crippen LogP contribution in [0, 0.1) is 0 Å². The van der Waals surface area contributed by atoms with Crippen molar-refractivity contribution in [1.82, 2.24) is 15.0 Å². The second-order valence-electron chi connectivity index (χ2n) is 7.82. The van der Waals surface area contributed by atoms with Gasteiger partial charge >= 0.3 is 0 Å². The van der Waals surface area contributed by atoms with Gasteiger partial charge in [-0.3, -0.25) is 14.7 Å². The van der Waals surface area contributed by atoms with Gasteiger partial charge in [0.2, 0.25) is 11.7 Å². The second-order valence-corrected chi connectivity index (χ2v) is 7.82. The lowest BCUT2D eigenvalue weighted by molar-refractivity contribution is -0.116. The standard InChI is InChI=1S/C24H25N5O5/c1-31-19-10-15(11-20(32-2)23(19)33-3)18-14-25-17-12-22(30)29(24(17)27-18)16-4-5-21(26-13-16)28-6-8-34-9-7-28/h4-5,10-11,13-14H,6-9,12H2,1-3H3. The number of methoxy groups -OCH3 is 3. The largest absolute Gasteiger partial charge is 0.493 e. The molecule has 0 radical (unpaired) electrons. The number of anilines is 3. The first-order valence-corrected chi connectivity index (χ1v) is 10.9. The van der Waals surface area contributed by atoms with E-state index in [9.17, 15) is 4.79 Å². The summed E-state index contributed by atoms with van der Waals surface area (Å²) in [4.78, 5) is 30.5. The van der Waals surface area contributed by atoms with E-state index in [0.717, 1.165) is 24.5 Å². The molecule has 3 aromatic rings. The smallest absolute Gasteiger partial charge is 0.238 e. The van der Waals surface area contributed by atoms with Gasteiger partial charge in [-0.2, -0.15) is 0 Å². The lowest BCUT2D eigenvalue weighted by Crippen LogP contribution is -2.36. The predicted molar refractivity (Wildman–Crippen MR) is 125 cm³/mol. The van der Waals surface area contributed by atoms with Gasteiger partial charge in [0.1, 0.15) is 5.82 Å². The van der Waals surface area contributed by atoms with Crippen LogP contribution in [-0.2, 0) is 16.0 Å². The number of hydrogen-bond donors (Lipinski definition) is 0. The van der Waals surface area contributed by atoms with Crippen LogP contribution >= 0.6 is 0 Å². The summed E-state index contributed by atoms with van der Waals surface area (Å²) in [6, 6.07) is 7.41. The zero-order chi connectivity index (χ0) is 23.7. The van der Waals surface area contributed by atoms with Crippen LogP contribution in [0.1, 0.15) is 5.69 Å². The van der Waals surface area contributed by atoms with Crippen LogP contribution in [0.4, 0.5) is 17.3 Å². The van der Waals surface area contributed by atoms with E-state index < -0.39 is 0 Å². The predicted octanol–water partition coefficient (Wildman–Crippen LogP) is 2.62. The summed E-state index contributed by atoms with van der Waals surface area (Å²) in [5.74, 6) is 2.77. The van der Waals surface area contributed by atoms with Gasteiger partial charge in [0, 0.05) is 18.7 Å². The Labute approximate surface area is 197 Å². The van der Waals surface area contributed by atoms with E-state index in [4.69, 9.17) is 23.9 Å². The van der Waals surface area contributed by atoms with Crippen molar-refractivity contribution >= 4 is 23.2 Å². The van der Waals surface area contributed by atoms with E-state index in [0.29, 0.717) is 53.4 Å². The van der Waals surface area contributed by atoms with E-state index in [1.165, 1.54) is 0 Å². The van der Waals surface area contributed by atoms with Gasteiger partial charge in [-0.15, -0.1) is 0 Å². The van der Waals surface area contributed by atoms with Crippen molar-refractivity contribution in [2.45, 2.75) is 6.42 Å². The first-order valence-electron chi connectivity index (χ1n) is 10.9. The summed E-state index contributed by atoms with van der Waals surface area (Å²) in [5.41, 5.74) is 2.58. The number of carbonyl (C=O) groups excluding carboxylic acids is 1. The Morgan fingerprint density at radius 1 is 0.941 bits per heavy atom. The molecular formula is C24H25N5O5. The number of rotatable bonds is 6. The van der Waals surface area contributed by atoms with Gasteiger partial charge in [0.05, 0.1) is 70.4 Å². The summed E-state index contributed by atoms with van der Waals surface area (Å²) in [7, 11) is 4.67. The van der Waals surface area contributed by atoms with Crippen LogP contribution < -0.4 is 24.0 Å². The third kappa shape index (κ3) is 3.86. The quantitative estimate of drug-likeness (QED) is 0.546. The molecule has 0 atom stereocenters. The second kappa shape index (κ2) is 9.14. The van der Waals surface area contributed by atoms with Crippen molar-refractivity contribution in [3.63, 3.8) is 0 Å². The van der Waals surface area contributed by atoms with Crippen molar-refractivity contribution in [2.24, 2.45) is 0 Å². The van der Waals surface area contributed by atoms with Crippen molar-refractivity contribution < 1.29 is 23.7 Å². The van der Waals surface area contributed by atoms with Gasteiger partial charge in [-0.05, 0) is 24.3 Å². The van der Waals surface area contributed by atoms with Gasteiger partial charge in [-0.1, -0.05) is 0 Å². The Morgan fingerprint density at radius 2 is 1.68 bits per heavy atom. The monoisotopic (exact) mass is 463 g/mol. The van der Waals surface area contributed by atoms with Crippen LogP contribution in [0.25, 0.3) is 11.3 Å². The Balaban J connectivity index is 1.49. The summed E-state index contributed by atoms with van der Waals surface area (Å²) in [6.07, 6.45) is 3.53. The molecule has 2 aromatic heterocycles. The number of pyridine rings is 1. The summed E-state index contributed by atoms with van der Waals surface area (Å²) >= 11 is 0. The number of benzene rings is 1. The molecule has 1 saturated heterocycles. The minimum atomic E-state index is -0.0991. The van der Waals surface area contributed by atoms with E-state index >= 15 is 0 Å². The zero-order valence-corrected chi connectivity index (χ0v) is 19.3. The number of fused-ring (bicyclic) bond motifs is 1. The lowest BCUT2D eigenvalue weighted by Gasteiger charge is -2.28. The molecule has 1 fully saturated rings. The number of amides is 1. The number of carbonyl (C=O) groups is 1. The molecule has 2 aliphatic heterocycles. The fourth-order valence-electron chi connectivity index (χ4n) is 4.17. The minimum Gasteiger partial charge on any atom is -0.493 e. The molecule has 34 heavy (non-hydrogen) atoms. The van der Waals surface area contributed by atoms with E-state index in [-0.39, 0.29) is 12.3 Å². The number of aromatic nitrogens is 3. The van der Waals surface area contributed by atoms with E-state index in [1.54, 1.807) is 50.8 Å². The van der Waals surface area contributed by atoms with Crippen LogP contribution in [-0.4, -0.2) is 68.5 Å². The van der Waals surface area contributed by atoms with Crippen molar-refractivity contribution in [3.05, 3.63) is 42.4 Å². The normalized spacial score (nSPS) is 15.3. The fraction of sp³-hybridized carbons (Fsp3) is 0.333. The number of morpholine rings is 1. The number of ether oxygens (including phenoxy) is 4. The zero-order valence-electron chi connectivity index (χ0n) is 19.3. The molecule has 176 valence electrons. The van der Waals surface area contributed by atoms with Crippen LogP contribution in [0.2, 0.25) is 0 Å². The molecule has 0 saturated carbocycles. The highest BCUT2D eigenvalue weighted by atomic mass is 16.5. The molecule has 1 amide bonds. The van der Waals surface area contributed by atoms with Crippen molar-refractivity contribution in [2.75, 3.05) is 57.4 Å². The van der Waals surface area contributed by atoms with Crippen LogP contribution in [0.3, 0.4) is 0 Å². The Morgan fingerprint density at radius 3 is 2.29 bits per heavy atom. The molecule has 10 heteroatoms. The topological polar surface area (TPSA) is 99.1 Å². The molecule has 2 aliphatic rings. The molecule has 5 rings (SSSR count). The van der Waals surface area contributed by atoms with Crippen molar-refractivity contribution in [1.29, 1.82) is 0 Å². The highest BCUT2D eigenvalue weighted by Crippen LogP contribution is 2.42. The van der Waals surface area contributed by atoms with Gasteiger partial charge in [0.15, 0.2) is 17.3 Å². The third-order valence-corrected chi connectivity index (χ3v) is 5.89. The summed E-state index contributed by atoms with van der Waals surface area (Å²) in [5, 5.41) is 0. The highest BCUT2D eigenvalue weighted by Gasteiger charge is 2.32. The molecule has 0 unspecified atom stereocenters. The van der Waals surface area contributed by atoms with Gasteiger partial charge in [-0.25, -0.2) is 9.97 Å². The molecule has 10 nitrogen and oxygen atoms in total. The highest BCUT2D eigenvalue weighted by molar-refractivity contribution is 6.05. The summed E-state index contributed by atoms with van der Waals surface area (Å²) < 4.78 is 21.7. The van der Waals surface area contributed by atoms with Crippen LogP contribution in [0.15, 0.2) is 36.7 Å². The van der Waals surface area contributed by atoms with Gasteiger partial charge < -0.3 is 23.8 Å². The number of nitrogens with zero attached hydrogens (tertiary/aromatic N) is 5. The first kappa shape index (κ1) is 21.9. The average molecular weight is 463 g/mol. The minimum absolute atomic E-state index is 0.0991. The number of hydrogen-bond acceptors (Lipinski definition) is 9. The fourth-order valence-corrected chi connectivity index (χ4v) is 4.17. The molecule has 0 bridgehead atoms. The van der Waals surface area contributed by atoms with E-state index in [2.05, 4.69) is 14.9 Å². The molecule has 0 spiro atoms. The summed E-state index contributed by atoms with van der Waals surface area (Å²) in [6.45, 7) is 2.95. The lowest BCUT2D eigenvalue weighted by atomic mass is 10.1. The molecule has 1 aromatic carbocycles. The third-order valence-electron chi connectivity index (χ3n) is 5.89. The van der Waals surface area contributed by atoms with Crippen molar-refractivity contribution in [3.8, 4) is 28.5 Å². The molecule has 4 heterocycles. The maximum atomic E-state index is 12.9. The Kier molecular flexibility index (Phi) is 5.89. The Bertz CT molecular complexity index is 1190. The first-order chi connectivity index (χ1) is 16.6. The molecular weight excluding hydrogens is 438 g/mol. The van der Waals surface area contributed by atoms with Crippen LogP contribution in [0.5, 0.6) is 17.2 Å².